The molecule has 0 bridgehead atoms. The second-order valence-electron chi connectivity index (χ2n) is 14.4. The number of furan rings is 2. The van der Waals surface area contributed by atoms with E-state index in [-0.39, 0.29) is 0 Å². The van der Waals surface area contributed by atoms with Gasteiger partial charge in [0.25, 0.3) is 0 Å². The lowest BCUT2D eigenvalue weighted by molar-refractivity contribution is 0.668. The number of fused-ring (bicyclic) bond motifs is 9. The summed E-state index contributed by atoms with van der Waals surface area (Å²) in [5.74, 6) is 1.63. The second kappa shape index (κ2) is 12.3. The molecule has 0 amide bonds. The molecule has 12 rings (SSSR count). The molecule has 0 saturated heterocycles. The van der Waals surface area contributed by atoms with Crippen molar-refractivity contribution >= 4 is 65.7 Å². The number of benzene rings is 8. The number of aromatic nitrogens is 4. The summed E-state index contributed by atoms with van der Waals surface area (Å²) < 4.78 is 15.2. The summed E-state index contributed by atoms with van der Waals surface area (Å²) >= 11 is 0. The molecule has 4 aromatic heterocycles. The van der Waals surface area contributed by atoms with E-state index in [9.17, 15) is 0 Å². The topological polar surface area (TPSA) is 69.9 Å². The van der Waals surface area contributed by atoms with Crippen LogP contribution >= 0.6 is 0 Å². The van der Waals surface area contributed by atoms with Crippen LogP contribution in [0.25, 0.3) is 117 Å². The maximum atomic E-state index is 6.54. The highest BCUT2D eigenvalue weighted by Gasteiger charge is 2.23. The standard InChI is InChI=1S/C51H30N4O2/c1-4-14-31(15-5-1)35-21-12-23-41-47(35)40-29-39-37-20-10-11-24-43(37)56-46(39)30-42(40)55(41)51-53-49(33-18-8-3-9-19-33)52-50(54-51)34-26-27-38-45(28-34)57-44-25-13-22-36(48(38)44)32-16-6-2-7-17-32/h1-30H. The van der Waals surface area contributed by atoms with Crippen molar-refractivity contribution in [3.63, 3.8) is 0 Å². The fourth-order valence-corrected chi connectivity index (χ4v) is 8.49. The molecule has 8 aromatic carbocycles. The lowest BCUT2D eigenvalue weighted by atomic mass is 9.99. The molecule has 0 fully saturated rings. The molecule has 0 saturated carbocycles. The van der Waals surface area contributed by atoms with Crippen molar-refractivity contribution in [2.75, 3.05) is 0 Å². The van der Waals surface area contributed by atoms with Crippen LogP contribution in [0.2, 0.25) is 0 Å². The van der Waals surface area contributed by atoms with Gasteiger partial charge >= 0.3 is 0 Å². The summed E-state index contributed by atoms with van der Waals surface area (Å²) in [5.41, 5.74) is 11.5. The number of rotatable bonds is 5. The summed E-state index contributed by atoms with van der Waals surface area (Å²) in [6.07, 6.45) is 0. The van der Waals surface area contributed by atoms with Crippen LogP contribution in [-0.2, 0) is 0 Å². The van der Waals surface area contributed by atoms with E-state index >= 15 is 0 Å². The molecule has 0 aliphatic rings. The molecular formula is C51H30N4O2. The Kier molecular flexibility index (Phi) is 6.83. The van der Waals surface area contributed by atoms with Gasteiger partial charge in [-0.3, -0.25) is 4.57 Å². The molecule has 12 aromatic rings. The number of hydrogen-bond donors (Lipinski definition) is 0. The highest BCUT2D eigenvalue weighted by atomic mass is 16.3. The maximum Gasteiger partial charge on any atom is 0.238 e. The van der Waals surface area contributed by atoms with Gasteiger partial charge in [-0.25, -0.2) is 4.98 Å². The van der Waals surface area contributed by atoms with E-state index in [4.69, 9.17) is 23.8 Å². The Labute approximate surface area is 325 Å². The van der Waals surface area contributed by atoms with Crippen molar-refractivity contribution in [3.8, 4) is 51.0 Å². The van der Waals surface area contributed by atoms with Crippen molar-refractivity contribution in [2.45, 2.75) is 0 Å². The normalized spacial score (nSPS) is 11.9. The van der Waals surface area contributed by atoms with Gasteiger partial charge in [0.2, 0.25) is 5.95 Å². The van der Waals surface area contributed by atoms with E-state index < -0.39 is 0 Å². The van der Waals surface area contributed by atoms with E-state index in [0.29, 0.717) is 17.6 Å². The second-order valence-corrected chi connectivity index (χ2v) is 14.4. The van der Waals surface area contributed by atoms with Gasteiger partial charge in [-0.15, -0.1) is 0 Å². The van der Waals surface area contributed by atoms with Gasteiger partial charge in [0.15, 0.2) is 11.6 Å². The van der Waals surface area contributed by atoms with Gasteiger partial charge in [-0.2, -0.15) is 9.97 Å². The first-order valence-corrected chi connectivity index (χ1v) is 19.0. The zero-order valence-electron chi connectivity index (χ0n) is 30.4. The molecule has 0 aliphatic carbocycles. The minimum absolute atomic E-state index is 0.510. The Morgan fingerprint density at radius 3 is 1.68 bits per heavy atom. The summed E-state index contributed by atoms with van der Waals surface area (Å²) in [5, 5.41) is 6.48. The molecule has 6 nitrogen and oxygen atoms in total. The summed E-state index contributed by atoms with van der Waals surface area (Å²) in [6, 6.07) is 62.6. The van der Waals surface area contributed by atoms with Crippen molar-refractivity contribution in [1.29, 1.82) is 0 Å². The van der Waals surface area contributed by atoms with Crippen molar-refractivity contribution in [3.05, 3.63) is 182 Å². The summed E-state index contributed by atoms with van der Waals surface area (Å²) in [6.45, 7) is 0. The molecule has 0 spiro atoms. The smallest absolute Gasteiger partial charge is 0.238 e. The first-order chi connectivity index (χ1) is 28.2. The number of para-hydroxylation sites is 1. The minimum Gasteiger partial charge on any atom is -0.456 e. The Bertz CT molecular complexity index is 3510. The monoisotopic (exact) mass is 730 g/mol. The Hall–Kier alpha value is -7.83. The largest absolute Gasteiger partial charge is 0.456 e. The molecular weight excluding hydrogens is 701 g/mol. The van der Waals surface area contributed by atoms with E-state index in [0.717, 1.165) is 99.1 Å². The molecule has 0 radical (unpaired) electrons. The molecule has 6 heteroatoms. The molecule has 57 heavy (non-hydrogen) atoms. The molecule has 0 aliphatic heterocycles. The summed E-state index contributed by atoms with van der Waals surface area (Å²) in [4.78, 5) is 15.6. The minimum atomic E-state index is 0.510. The highest BCUT2D eigenvalue weighted by Crippen LogP contribution is 2.43. The van der Waals surface area contributed by atoms with Gasteiger partial charge in [0, 0.05) is 49.5 Å². The first-order valence-electron chi connectivity index (χ1n) is 19.0. The average Bonchev–Trinajstić information content (AvgIpc) is 3.95. The zero-order chi connectivity index (χ0) is 37.5. The van der Waals surface area contributed by atoms with Crippen molar-refractivity contribution in [2.24, 2.45) is 0 Å². The van der Waals surface area contributed by atoms with Crippen LogP contribution in [0.15, 0.2) is 191 Å². The predicted octanol–water partition coefficient (Wildman–Crippen LogP) is 13.4. The molecule has 4 heterocycles. The van der Waals surface area contributed by atoms with Crippen LogP contribution in [0.5, 0.6) is 0 Å². The Morgan fingerprint density at radius 2 is 0.930 bits per heavy atom. The zero-order valence-corrected chi connectivity index (χ0v) is 30.4. The third-order valence-electron chi connectivity index (χ3n) is 11.1. The Balaban J connectivity index is 1.13. The van der Waals surface area contributed by atoms with Crippen LogP contribution in [0.1, 0.15) is 0 Å². The number of nitrogens with zero attached hydrogens (tertiary/aromatic N) is 4. The number of hydrogen-bond acceptors (Lipinski definition) is 5. The third kappa shape index (κ3) is 4.94. The third-order valence-corrected chi connectivity index (χ3v) is 11.1. The predicted molar refractivity (Wildman–Crippen MR) is 230 cm³/mol. The lowest BCUT2D eigenvalue weighted by Crippen LogP contribution is -2.06. The van der Waals surface area contributed by atoms with Crippen LogP contribution in [0, 0.1) is 0 Å². The van der Waals surface area contributed by atoms with E-state index in [1.54, 1.807) is 0 Å². The summed E-state index contributed by atoms with van der Waals surface area (Å²) in [7, 11) is 0. The van der Waals surface area contributed by atoms with Gasteiger partial charge in [-0.1, -0.05) is 140 Å². The average molecular weight is 731 g/mol. The molecule has 0 N–H and O–H groups in total. The fourth-order valence-electron chi connectivity index (χ4n) is 8.49. The Morgan fingerprint density at radius 1 is 0.333 bits per heavy atom. The van der Waals surface area contributed by atoms with Gasteiger partial charge in [0.05, 0.1) is 11.0 Å². The van der Waals surface area contributed by atoms with Gasteiger partial charge in [0.1, 0.15) is 22.3 Å². The lowest BCUT2D eigenvalue weighted by Gasteiger charge is -2.11. The maximum absolute atomic E-state index is 6.54. The quantitative estimate of drug-likeness (QED) is 0.176. The molecule has 0 atom stereocenters. The first kappa shape index (κ1) is 31.5. The van der Waals surface area contributed by atoms with Gasteiger partial charge < -0.3 is 8.83 Å². The molecule has 0 unspecified atom stereocenters. The van der Waals surface area contributed by atoms with Crippen molar-refractivity contribution in [1.82, 2.24) is 19.5 Å². The van der Waals surface area contributed by atoms with Crippen molar-refractivity contribution < 1.29 is 8.83 Å². The van der Waals surface area contributed by atoms with Gasteiger partial charge in [-0.05, 0) is 58.7 Å². The SMILES string of the molecule is c1ccc(-c2nc(-c3ccc4c(c3)oc3cccc(-c5ccccc5)c34)nc(-n3c4cc5oc6ccccc6c5cc4c4c(-c5ccccc5)cccc43)n2)cc1. The van der Waals surface area contributed by atoms with E-state index in [2.05, 4.69) is 126 Å². The van der Waals surface area contributed by atoms with Crippen LogP contribution < -0.4 is 0 Å². The fraction of sp³-hybridized carbons (Fsp3) is 0. The van der Waals surface area contributed by atoms with E-state index in [1.807, 2.05) is 60.7 Å². The van der Waals surface area contributed by atoms with Crippen LogP contribution in [0.3, 0.4) is 0 Å². The van der Waals surface area contributed by atoms with Crippen LogP contribution in [0.4, 0.5) is 0 Å². The van der Waals surface area contributed by atoms with Crippen LogP contribution in [-0.4, -0.2) is 19.5 Å². The van der Waals surface area contributed by atoms with E-state index in [1.165, 1.54) is 0 Å². The molecule has 266 valence electrons. The highest BCUT2D eigenvalue weighted by molar-refractivity contribution is 6.21.